The lowest BCUT2D eigenvalue weighted by Gasteiger charge is -2.21. The number of halogens is 1. The second-order valence-electron chi connectivity index (χ2n) is 5.18. The highest BCUT2D eigenvalue weighted by atomic mass is 79.9. The van der Waals surface area contributed by atoms with Crippen molar-refractivity contribution in [2.24, 2.45) is 5.92 Å². The summed E-state index contributed by atoms with van der Waals surface area (Å²) in [5.41, 5.74) is 7.55. The summed E-state index contributed by atoms with van der Waals surface area (Å²) in [6, 6.07) is 7.71. The summed E-state index contributed by atoms with van der Waals surface area (Å²) >= 11 is 3.44. The molecule has 0 spiro atoms. The topological polar surface area (TPSA) is 84.1 Å². The minimum Gasteiger partial charge on any atom is -0.394 e. The predicted octanol–water partition coefficient (Wildman–Crippen LogP) is 2.92. The van der Waals surface area contributed by atoms with Gasteiger partial charge in [0.15, 0.2) is 11.6 Å². The molecule has 6 heteroatoms. The normalized spacial score (nSPS) is 12.4. The van der Waals surface area contributed by atoms with Crippen LogP contribution in [0.1, 0.15) is 13.8 Å². The Labute approximate surface area is 132 Å². The first-order chi connectivity index (χ1) is 10.0. The summed E-state index contributed by atoms with van der Waals surface area (Å²) in [7, 11) is 0. The number of aliphatic hydroxyl groups is 1. The van der Waals surface area contributed by atoms with Gasteiger partial charge in [0.1, 0.15) is 0 Å². The Balaban J connectivity index is 2.33. The van der Waals surface area contributed by atoms with E-state index in [1.807, 2.05) is 38.1 Å². The van der Waals surface area contributed by atoms with Gasteiger partial charge in [0, 0.05) is 10.0 Å². The average molecular weight is 351 g/mol. The number of rotatable bonds is 5. The molecule has 0 fully saturated rings. The van der Waals surface area contributed by atoms with Crippen LogP contribution in [0, 0.1) is 5.92 Å². The first kappa shape index (κ1) is 15.7. The first-order valence-corrected chi connectivity index (χ1v) is 7.56. The standard InChI is InChI=1S/C15H19BrN4O/c1-9(2)13(8-21)20-15-14(17)18-7-12(19-15)10-4-3-5-11(16)6-10/h3-7,9,13,21H,8H2,1-2H3,(H2,17,18)(H,19,20)/t13-/m1/s1. The summed E-state index contributed by atoms with van der Waals surface area (Å²) in [6.07, 6.45) is 1.64. The van der Waals surface area contributed by atoms with Gasteiger partial charge < -0.3 is 16.2 Å². The van der Waals surface area contributed by atoms with Gasteiger partial charge in [0.05, 0.1) is 24.5 Å². The molecule has 1 heterocycles. The molecule has 0 aliphatic rings. The number of anilines is 2. The van der Waals surface area contributed by atoms with E-state index in [0.29, 0.717) is 11.6 Å². The van der Waals surface area contributed by atoms with Gasteiger partial charge in [-0.05, 0) is 18.1 Å². The Bertz CT molecular complexity index is 618. The van der Waals surface area contributed by atoms with Crippen LogP contribution in [-0.2, 0) is 0 Å². The maximum Gasteiger partial charge on any atom is 0.169 e. The smallest absolute Gasteiger partial charge is 0.169 e. The van der Waals surface area contributed by atoms with E-state index in [-0.39, 0.29) is 18.6 Å². The number of hydrogen-bond acceptors (Lipinski definition) is 5. The molecule has 0 aliphatic heterocycles. The van der Waals surface area contributed by atoms with E-state index in [1.54, 1.807) is 6.20 Å². The van der Waals surface area contributed by atoms with Crippen LogP contribution in [0.2, 0.25) is 0 Å². The van der Waals surface area contributed by atoms with Gasteiger partial charge in [0.25, 0.3) is 0 Å². The quantitative estimate of drug-likeness (QED) is 0.771. The van der Waals surface area contributed by atoms with E-state index in [2.05, 4.69) is 31.2 Å². The lowest BCUT2D eigenvalue weighted by molar-refractivity contribution is 0.249. The maximum atomic E-state index is 9.41. The van der Waals surface area contributed by atoms with Crippen LogP contribution in [0.25, 0.3) is 11.3 Å². The molecule has 0 bridgehead atoms. The molecule has 2 rings (SSSR count). The monoisotopic (exact) mass is 350 g/mol. The zero-order valence-corrected chi connectivity index (χ0v) is 13.6. The summed E-state index contributed by atoms with van der Waals surface area (Å²) < 4.78 is 0.976. The number of nitrogen functional groups attached to an aromatic ring is 1. The molecule has 1 aromatic carbocycles. The summed E-state index contributed by atoms with van der Waals surface area (Å²) in [5.74, 6) is 1.08. The molecule has 0 unspecified atom stereocenters. The summed E-state index contributed by atoms with van der Waals surface area (Å²) in [6.45, 7) is 4.06. The second-order valence-corrected chi connectivity index (χ2v) is 6.09. The number of nitrogens with one attached hydrogen (secondary N) is 1. The molecule has 2 aromatic rings. The largest absolute Gasteiger partial charge is 0.394 e. The molecule has 21 heavy (non-hydrogen) atoms. The third-order valence-corrected chi connectivity index (χ3v) is 3.74. The Morgan fingerprint density at radius 1 is 1.38 bits per heavy atom. The molecule has 0 amide bonds. The molecule has 4 N–H and O–H groups in total. The average Bonchev–Trinajstić information content (AvgIpc) is 2.46. The van der Waals surface area contributed by atoms with Crippen LogP contribution in [0.3, 0.4) is 0 Å². The molecule has 0 saturated carbocycles. The zero-order valence-electron chi connectivity index (χ0n) is 12.0. The maximum absolute atomic E-state index is 9.41. The lowest BCUT2D eigenvalue weighted by Crippen LogP contribution is -2.30. The third kappa shape index (κ3) is 3.92. The molecule has 112 valence electrons. The minimum absolute atomic E-state index is 0.0138. The van der Waals surface area contributed by atoms with Gasteiger partial charge >= 0.3 is 0 Å². The fourth-order valence-electron chi connectivity index (χ4n) is 1.89. The second kappa shape index (κ2) is 6.87. The Hall–Kier alpha value is -1.66. The van der Waals surface area contributed by atoms with E-state index >= 15 is 0 Å². The van der Waals surface area contributed by atoms with Crippen molar-refractivity contribution in [1.29, 1.82) is 0 Å². The van der Waals surface area contributed by atoms with E-state index in [0.717, 1.165) is 15.7 Å². The Kier molecular flexibility index (Phi) is 5.14. The van der Waals surface area contributed by atoms with Crippen molar-refractivity contribution in [1.82, 2.24) is 9.97 Å². The van der Waals surface area contributed by atoms with E-state index in [9.17, 15) is 5.11 Å². The van der Waals surface area contributed by atoms with Crippen LogP contribution in [0.15, 0.2) is 34.9 Å². The van der Waals surface area contributed by atoms with Crippen molar-refractivity contribution >= 4 is 27.6 Å². The van der Waals surface area contributed by atoms with Crippen LogP contribution in [-0.4, -0.2) is 27.7 Å². The third-order valence-electron chi connectivity index (χ3n) is 3.24. The zero-order chi connectivity index (χ0) is 15.4. The van der Waals surface area contributed by atoms with Gasteiger partial charge in [-0.15, -0.1) is 0 Å². The fourth-order valence-corrected chi connectivity index (χ4v) is 2.29. The molecule has 1 aromatic heterocycles. The highest BCUT2D eigenvalue weighted by molar-refractivity contribution is 9.10. The van der Waals surface area contributed by atoms with Crippen molar-refractivity contribution in [3.63, 3.8) is 0 Å². The SMILES string of the molecule is CC(C)[C@@H](CO)Nc1nc(-c2cccc(Br)c2)cnc1N. The van der Waals surface area contributed by atoms with E-state index in [4.69, 9.17) is 5.73 Å². The molecule has 1 atom stereocenters. The van der Waals surface area contributed by atoms with Crippen molar-refractivity contribution in [2.45, 2.75) is 19.9 Å². The molecule has 0 aliphatic carbocycles. The predicted molar refractivity (Wildman–Crippen MR) is 88.9 cm³/mol. The Morgan fingerprint density at radius 3 is 2.76 bits per heavy atom. The van der Waals surface area contributed by atoms with Crippen LogP contribution >= 0.6 is 15.9 Å². The van der Waals surface area contributed by atoms with E-state index < -0.39 is 0 Å². The van der Waals surface area contributed by atoms with E-state index in [1.165, 1.54) is 0 Å². The number of benzene rings is 1. The molecular weight excluding hydrogens is 332 g/mol. The number of hydrogen-bond donors (Lipinski definition) is 3. The number of aliphatic hydroxyl groups excluding tert-OH is 1. The van der Waals surface area contributed by atoms with Gasteiger partial charge in [-0.1, -0.05) is 41.9 Å². The first-order valence-electron chi connectivity index (χ1n) is 6.77. The molecule has 0 saturated heterocycles. The number of nitrogens with two attached hydrogens (primary N) is 1. The lowest BCUT2D eigenvalue weighted by atomic mass is 10.1. The van der Waals surface area contributed by atoms with Crippen LogP contribution in [0.5, 0.6) is 0 Å². The van der Waals surface area contributed by atoms with Crippen molar-refractivity contribution in [2.75, 3.05) is 17.7 Å². The van der Waals surface area contributed by atoms with Gasteiger partial charge in [0.2, 0.25) is 0 Å². The van der Waals surface area contributed by atoms with Gasteiger partial charge in [-0.3, -0.25) is 0 Å². The van der Waals surface area contributed by atoms with Gasteiger partial charge in [-0.25, -0.2) is 9.97 Å². The highest BCUT2D eigenvalue weighted by Gasteiger charge is 2.15. The van der Waals surface area contributed by atoms with Crippen molar-refractivity contribution < 1.29 is 5.11 Å². The number of nitrogens with zero attached hydrogens (tertiary/aromatic N) is 2. The molecule has 5 nitrogen and oxygen atoms in total. The minimum atomic E-state index is -0.112. The van der Waals surface area contributed by atoms with Crippen LogP contribution in [0.4, 0.5) is 11.6 Å². The highest BCUT2D eigenvalue weighted by Crippen LogP contribution is 2.24. The van der Waals surface area contributed by atoms with Gasteiger partial charge in [-0.2, -0.15) is 0 Å². The van der Waals surface area contributed by atoms with Crippen LogP contribution < -0.4 is 11.1 Å². The summed E-state index contributed by atoms with van der Waals surface area (Å²) in [4.78, 5) is 8.71. The van der Waals surface area contributed by atoms with Crippen molar-refractivity contribution in [3.05, 3.63) is 34.9 Å². The molecule has 0 radical (unpaired) electrons. The fraction of sp³-hybridized carbons (Fsp3) is 0.333. The number of aromatic nitrogens is 2. The van der Waals surface area contributed by atoms with Crippen molar-refractivity contribution in [3.8, 4) is 11.3 Å². The Morgan fingerprint density at radius 2 is 2.14 bits per heavy atom. The summed E-state index contributed by atoms with van der Waals surface area (Å²) in [5, 5.41) is 12.6. The molecular formula is C15H19BrN4O.